The zero-order valence-electron chi connectivity index (χ0n) is 15.8. The molecule has 0 unspecified atom stereocenters. The first kappa shape index (κ1) is 19.9. The fraction of sp³-hybridized carbons (Fsp3) is 0.286. The van der Waals surface area contributed by atoms with Crippen LogP contribution in [0.2, 0.25) is 5.02 Å². The Labute approximate surface area is 168 Å². The Balaban J connectivity index is 1.47. The minimum atomic E-state index is -0.239. The van der Waals surface area contributed by atoms with Crippen LogP contribution >= 0.6 is 11.6 Å². The van der Waals surface area contributed by atoms with Crippen molar-refractivity contribution in [2.45, 2.75) is 26.4 Å². The molecule has 0 saturated heterocycles. The number of rotatable bonds is 8. The standard InChI is InChI=1S/C21H22ClN3O3/c1-14(2)28-21-17(22)12-16(13-25-21)20(26)24-10-5-11-27-18-8-3-6-15-7-4-9-23-19(15)18/h3-4,6-9,12-14H,5,10-11H2,1-2H3,(H,24,26). The average molecular weight is 400 g/mol. The van der Waals surface area contributed by atoms with Gasteiger partial charge in [-0.3, -0.25) is 9.78 Å². The summed E-state index contributed by atoms with van der Waals surface area (Å²) in [5, 5.41) is 4.18. The monoisotopic (exact) mass is 399 g/mol. The molecule has 2 heterocycles. The summed E-state index contributed by atoms with van der Waals surface area (Å²) in [6.45, 7) is 4.71. The number of nitrogens with one attached hydrogen (secondary N) is 1. The molecule has 0 spiro atoms. The van der Waals surface area contributed by atoms with E-state index in [1.807, 2.05) is 44.2 Å². The van der Waals surface area contributed by atoms with Crippen molar-refractivity contribution in [3.8, 4) is 11.6 Å². The number of hydrogen-bond acceptors (Lipinski definition) is 5. The Bertz CT molecular complexity index is 957. The minimum absolute atomic E-state index is 0.0402. The van der Waals surface area contributed by atoms with Crippen LogP contribution in [0, 0.1) is 0 Å². The van der Waals surface area contributed by atoms with E-state index in [2.05, 4.69) is 15.3 Å². The summed E-state index contributed by atoms with van der Waals surface area (Å²) in [6.07, 6.45) is 3.81. The molecule has 0 bridgehead atoms. The maximum absolute atomic E-state index is 12.2. The molecule has 0 radical (unpaired) electrons. The van der Waals surface area contributed by atoms with Gasteiger partial charge in [-0.2, -0.15) is 0 Å². The average Bonchev–Trinajstić information content (AvgIpc) is 2.69. The van der Waals surface area contributed by atoms with Crippen molar-refractivity contribution in [3.05, 3.63) is 59.4 Å². The second-order valence-corrected chi connectivity index (χ2v) is 6.87. The van der Waals surface area contributed by atoms with Crippen LogP contribution < -0.4 is 14.8 Å². The molecule has 1 N–H and O–H groups in total. The van der Waals surface area contributed by atoms with E-state index in [-0.39, 0.29) is 12.0 Å². The van der Waals surface area contributed by atoms with E-state index < -0.39 is 0 Å². The van der Waals surface area contributed by atoms with Crippen molar-refractivity contribution in [1.82, 2.24) is 15.3 Å². The van der Waals surface area contributed by atoms with Crippen LogP contribution in [0.4, 0.5) is 0 Å². The highest BCUT2D eigenvalue weighted by atomic mass is 35.5. The first-order chi connectivity index (χ1) is 13.5. The highest BCUT2D eigenvalue weighted by Crippen LogP contribution is 2.24. The number of nitrogens with zero attached hydrogens (tertiary/aromatic N) is 2. The molecule has 0 saturated carbocycles. The third-order valence-electron chi connectivity index (χ3n) is 3.88. The summed E-state index contributed by atoms with van der Waals surface area (Å²) in [4.78, 5) is 20.7. The number of fused-ring (bicyclic) bond motifs is 1. The molecule has 0 atom stereocenters. The molecule has 0 aliphatic heterocycles. The van der Waals surface area contributed by atoms with E-state index in [4.69, 9.17) is 21.1 Å². The number of halogens is 1. The Hall–Kier alpha value is -2.86. The molecular weight excluding hydrogens is 378 g/mol. The van der Waals surface area contributed by atoms with Gasteiger partial charge >= 0.3 is 0 Å². The lowest BCUT2D eigenvalue weighted by Crippen LogP contribution is -2.25. The number of aromatic nitrogens is 2. The maximum atomic E-state index is 12.2. The van der Waals surface area contributed by atoms with E-state index in [9.17, 15) is 4.79 Å². The van der Waals surface area contributed by atoms with Gasteiger partial charge in [0.15, 0.2) is 0 Å². The van der Waals surface area contributed by atoms with Gasteiger partial charge in [-0.25, -0.2) is 4.98 Å². The predicted molar refractivity (Wildman–Crippen MR) is 109 cm³/mol. The van der Waals surface area contributed by atoms with Crippen LogP contribution in [0.25, 0.3) is 10.9 Å². The summed E-state index contributed by atoms with van der Waals surface area (Å²) in [6, 6.07) is 11.3. The van der Waals surface area contributed by atoms with Crippen LogP contribution in [0.3, 0.4) is 0 Å². The molecular formula is C21H22ClN3O3. The third kappa shape index (κ3) is 5.10. The fourth-order valence-corrected chi connectivity index (χ4v) is 2.82. The van der Waals surface area contributed by atoms with Gasteiger partial charge in [0.2, 0.25) is 5.88 Å². The van der Waals surface area contributed by atoms with Gasteiger partial charge in [-0.1, -0.05) is 29.8 Å². The summed E-state index contributed by atoms with van der Waals surface area (Å²) in [5.74, 6) is 0.823. The molecule has 28 heavy (non-hydrogen) atoms. The lowest BCUT2D eigenvalue weighted by Gasteiger charge is -2.11. The molecule has 0 aliphatic rings. The smallest absolute Gasteiger partial charge is 0.252 e. The highest BCUT2D eigenvalue weighted by Gasteiger charge is 2.11. The number of carbonyl (C=O) groups excluding carboxylic acids is 1. The molecule has 3 aromatic rings. The third-order valence-corrected chi connectivity index (χ3v) is 4.15. The normalized spacial score (nSPS) is 10.9. The predicted octanol–water partition coefficient (Wildman–Crippen LogP) is 4.27. The number of pyridine rings is 2. The lowest BCUT2D eigenvalue weighted by atomic mass is 10.2. The Kier molecular flexibility index (Phi) is 6.66. The molecule has 0 fully saturated rings. The Morgan fingerprint density at radius 2 is 2.04 bits per heavy atom. The molecule has 3 rings (SSSR count). The lowest BCUT2D eigenvalue weighted by molar-refractivity contribution is 0.0951. The molecule has 1 amide bonds. The van der Waals surface area contributed by atoms with Crippen molar-refractivity contribution in [1.29, 1.82) is 0 Å². The quantitative estimate of drug-likeness (QED) is 0.572. The van der Waals surface area contributed by atoms with Gasteiger partial charge in [-0.15, -0.1) is 0 Å². The van der Waals surface area contributed by atoms with E-state index in [0.717, 1.165) is 16.7 Å². The summed E-state index contributed by atoms with van der Waals surface area (Å²) >= 11 is 6.12. The van der Waals surface area contributed by atoms with Gasteiger partial charge in [-0.05, 0) is 38.5 Å². The van der Waals surface area contributed by atoms with Crippen LogP contribution in [0.1, 0.15) is 30.6 Å². The van der Waals surface area contributed by atoms with E-state index >= 15 is 0 Å². The molecule has 146 valence electrons. The molecule has 6 nitrogen and oxygen atoms in total. The molecule has 7 heteroatoms. The molecule has 0 aliphatic carbocycles. The second-order valence-electron chi connectivity index (χ2n) is 6.47. The van der Waals surface area contributed by atoms with Gasteiger partial charge < -0.3 is 14.8 Å². The number of para-hydroxylation sites is 1. The number of carbonyl (C=O) groups is 1. The second kappa shape index (κ2) is 9.37. The SMILES string of the molecule is CC(C)Oc1ncc(C(=O)NCCCOc2cccc3cccnc23)cc1Cl. The van der Waals surface area contributed by atoms with Crippen LogP contribution in [0.15, 0.2) is 48.8 Å². The Morgan fingerprint density at radius 3 is 2.82 bits per heavy atom. The first-order valence-corrected chi connectivity index (χ1v) is 9.49. The van der Waals surface area contributed by atoms with Gasteiger partial charge in [0.25, 0.3) is 5.91 Å². The zero-order valence-corrected chi connectivity index (χ0v) is 16.6. The van der Waals surface area contributed by atoms with E-state index in [1.54, 1.807) is 12.3 Å². The van der Waals surface area contributed by atoms with E-state index in [0.29, 0.717) is 36.0 Å². The number of benzene rings is 1. The number of hydrogen-bond donors (Lipinski definition) is 1. The van der Waals surface area contributed by atoms with Gasteiger partial charge in [0.05, 0.1) is 18.3 Å². The minimum Gasteiger partial charge on any atom is -0.491 e. The topological polar surface area (TPSA) is 73.3 Å². The highest BCUT2D eigenvalue weighted by molar-refractivity contribution is 6.32. The molecule has 2 aromatic heterocycles. The van der Waals surface area contributed by atoms with E-state index in [1.165, 1.54) is 6.20 Å². The van der Waals surface area contributed by atoms with Crippen LogP contribution in [-0.4, -0.2) is 35.1 Å². The molecule has 1 aromatic carbocycles. The Morgan fingerprint density at radius 1 is 1.21 bits per heavy atom. The summed E-state index contributed by atoms with van der Waals surface area (Å²) in [5.41, 5.74) is 1.22. The number of amides is 1. The number of ether oxygens (including phenoxy) is 2. The van der Waals surface area contributed by atoms with Crippen molar-refractivity contribution < 1.29 is 14.3 Å². The summed E-state index contributed by atoms with van der Waals surface area (Å²) in [7, 11) is 0. The van der Waals surface area contributed by atoms with Crippen molar-refractivity contribution in [3.63, 3.8) is 0 Å². The van der Waals surface area contributed by atoms with Crippen LogP contribution in [-0.2, 0) is 0 Å². The maximum Gasteiger partial charge on any atom is 0.252 e. The van der Waals surface area contributed by atoms with Crippen molar-refractivity contribution in [2.24, 2.45) is 0 Å². The fourth-order valence-electron chi connectivity index (χ4n) is 2.61. The van der Waals surface area contributed by atoms with Crippen LogP contribution in [0.5, 0.6) is 11.6 Å². The largest absolute Gasteiger partial charge is 0.491 e. The van der Waals surface area contributed by atoms with Gasteiger partial charge in [0.1, 0.15) is 16.3 Å². The zero-order chi connectivity index (χ0) is 19.9. The van der Waals surface area contributed by atoms with Crippen molar-refractivity contribution in [2.75, 3.05) is 13.2 Å². The van der Waals surface area contributed by atoms with Gasteiger partial charge in [0, 0.05) is 24.3 Å². The first-order valence-electron chi connectivity index (χ1n) is 9.11. The summed E-state index contributed by atoms with van der Waals surface area (Å²) < 4.78 is 11.3. The van der Waals surface area contributed by atoms with Crippen molar-refractivity contribution >= 4 is 28.4 Å².